The zero-order chi connectivity index (χ0) is 27.2. The Labute approximate surface area is 225 Å². The highest BCUT2D eigenvalue weighted by Gasteiger charge is 2.51. The first-order chi connectivity index (χ1) is 17.2. The first kappa shape index (κ1) is 27.6. The van der Waals surface area contributed by atoms with Gasteiger partial charge in [-0.25, -0.2) is 0 Å². The van der Waals surface area contributed by atoms with Gasteiger partial charge in [-0.15, -0.1) is 0 Å². The van der Waals surface area contributed by atoms with Crippen LogP contribution in [0.1, 0.15) is 91.7 Å². The molecular formula is C35H48O2. The van der Waals surface area contributed by atoms with E-state index >= 15 is 0 Å². The largest absolute Gasteiger partial charge is 0.508 e. The molecule has 8 rings (SSSR count). The fraction of sp³-hybridized carbons (Fsp3) is 0.543. The van der Waals surface area contributed by atoms with Crippen molar-refractivity contribution in [1.82, 2.24) is 0 Å². The van der Waals surface area contributed by atoms with Gasteiger partial charge in [-0.1, -0.05) is 89.6 Å². The van der Waals surface area contributed by atoms with Gasteiger partial charge < -0.3 is 10.2 Å². The van der Waals surface area contributed by atoms with E-state index in [0.717, 1.165) is 34.8 Å². The molecule has 2 aromatic carbocycles. The molecule has 0 saturated heterocycles. The van der Waals surface area contributed by atoms with Crippen molar-refractivity contribution in [3.8, 4) is 11.5 Å². The quantitative estimate of drug-likeness (QED) is 0.403. The lowest BCUT2D eigenvalue weighted by molar-refractivity contribution is -0.0273. The Balaban J connectivity index is 0.000000137. The fourth-order valence-corrected chi connectivity index (χ4v) is 7.31. The number of aromatic hydroxyl groups is 2. The van der Waals surface area contributed by atoms with E-state index in [1.807, 2.05) is 24.3 Å². The molecule has 2 N–H and O–H groups in total. The Bertz CT molecular complexity index is 1080. The van der Waals surface area contributed by atoms with Crippen LogP contribution >= 0.6 is 0 Å². The molecule has 4 unspecified atom stereocenters. The molecule has 2 aromatic rings. The third-order valence-corrected chi connectivity index (χ3v) is 10.7. The summed E-state index contributed by atoms with van der Waals surface area (Å²) < 4.78 is 0. The molecule has 0 amide bonds. The molecule has 4 atom stereocenters. The third-order valence-electron chi connectivity index (χ3n) is 10.7. The predicted molar refractivity (Wildman–Crippen MR) is 156 cm³/mol. The SMILES string of the molecule is C=C1CCC2CC1C2(C)C.CC(C)(c1ccc(O)cc1)c1ccc(O)cc1.CC1=CCC2CC1C2(C)C. The van der Waals surface area contributed by atoms with Crippen LogP contribution in [-0.2, 0) is 5.41 Å². The van der Waals surface area contributed by atoms with Gasteiger partial charge >= 0.3 is 0 Å². The van der Waals surface area contributed by atoms with E-state index in [1.54, 1.807) is 29.8 Å². The summed E-state index contributed by atoms with van der Waals surface area (Å²) >= 11 is 0. The Morgan fingerprint density at radius 3 is 1.51 bits per heavy atom. The lowest BCUT2D eigenvalue weighted by Crippen LogP contribution is -2.48. The number of fused-ring (bicyclic) bond motifs is 3. The smallest absolute Gasteiger partial charge is 0.115 e. The van der Waals surface area contributed by atoms with Gasteiger partial charge in [-0.2, -0.15) is 0 Å². The number of hydrogen-bond donors (Lipinski definition) is 2. The van der Waals surface area contributed by atoms with E-state index in [4.69, 9.17) is 0 Å². The van der Waals surface area contributed by atoms with Crippen LogP contribution in [0.5, 0.6) is 11.5 Å². The van der Waals surface area contributed by atoms with E-state index in [9.17, 15) is 10.2 Å². The highest BCUT2D eigenvalue weighted by atomic mass is 16.3. The number of phenolic OH excluding ortho intramolecular Hbond substituents is 2. The van der Waals surface area contributed by atoms with Crippen molar-refractivity contribution in [2.75, 3.05) is 0 Å². The molecule has 2 nitrogen and oxygen atoms in total. The Hall–Kier alpha value is -2.48. The zero-order valence-electron chi connectivity index (χ0n) is 24.1. The molecule has 4 bridgehead atoms. The standard InChI is InChI=1S/C15H16O2.2C10H16/c1-15(2,11-3-7-13(16)8-4-11)12-5-9-14(17)10-6-12;2*1-7-4-5-8-6-9(7)10(8,2)3/h3-10,16-17H,1-2H3;4,8-9H,5-6H2,1-3H3;8-9H,1,4-6H2,2-3H3. The fourth-order valence-electron chi connectivity index (χ4n) is 7.31. The van der Waals surface area contributed by atoms with Gasteiger partial charge in [0.2, 0.25) is 0 Å². The van der Waals surface area contributed by atoms with Crippen molar-refractivity contribution in [2.24, 2.45) is 34.5 Å². The number of benzene rings is 2. The number of allylic oxidation sites excluding steroid dienone is 3. The number of phenols is 2. The molecule has 0 aliphatic heterocycles. The van der Waals surface area contributed by atoms with Gasteiger partial charge in [-0.05, 0) is 109 Å². The number of rotatable bonds is 2. The van der Waals surface area contributed by atoms with E-state index < -0.39 is 0 Å². The summed E-state index contributed by atoms with van der Waals surface area (Å²) in [5.74, 6) is 4.35. The minimum absolute atomic E-state index is 0.151. The predicted octanol–water partition coefficient (Wildman–Crippen LogP) is 9.42. The van der Waals surface area contributed by atoms with Crippen LogP contribution in [0, 0.1) is 34.5 Å². The summed E-state index contributed by atoms with van der Waals surface area (Å²) in [6.45, 7) is 20.3. The Morgan fingerprint density at radius 1 is 0.757 bits per heavy atom. The van der Waals surface area contributed by atoms with Gasteiger partial charge in [0.15, 0.2) is 0 Å². The Morgan fingerprint density at radius 2 is 1.22 bits per heavy atom. The van der Waals surface area contributed by atoms with Crippen LogP contribution in [0.25, 0.3) is 0 Å². The van der Waals surface area contributed by atoms with E-state index in [0.29, 0.717) is 10.8 Å². The molecule has 4 saturated carbocycles. The van der Waals surface area contributed by atoms with Crippen molar-refractivity contribution in [3.05, 3.63) is 83.5 Å². The second-order valence-electron chi connectivity index (χ2n) is 13.7. The molecule has 6 aliphatic rings. The molecule has 200 valence electrons. The van der Waals surface area contributed by atoms with Gasteiger partial charge in [-0.3, -0.25) is 0 Å². The molecule has 0 radical (unpaired) electrons. The maximum Gasteiger partial charge on any atom is 0.115 e. The van der Waals surface area contributed by atoms with Crippen LogP contribution in [-0.4, -0.2) is 10.2 Å². The van der Waals surface area contributed by atoms with E-state index in [1.165, 1.54) is 37.7 Å². The van der Waals surface area contributed by atoms with Crippen molar-refractivity contribution < 1.29 is 10.2 Å². The minimum atomic E-state index is -0.151. The van der Waals surface area contributed by atoms with Gasteiger partial charge in [0.25, 0.3) is 0 Å². The van der Waals surface area contributed by atoms with Crippen LogP contribution in [0.3, 0.4) is 0 Å². The van der Waals surface area contributed by atoms with Crippen molar-refractivity contribution in [3.63, 3.8) is 0 Å². The topological polar surface area (TPSA) is 40.5 Å². The first-order valence-corrected chi connectivity index (χ1v) is 14.2. The molecule has 2 heteroatoms. The van der Waals surface area contributed by atoms with E-state index in [2.05, 4.69) is 61.1 Å². The first-order valence-electron chi connectivity index (χ1n) is 14.2. The minimum Gasteiger partial charge on any atom is -0.508 e. The second kappa shape index (κ2) is 10.0. The Kier molecular flexibility index (Phi) is 7.45. The lowest BCUT2D eigenvalue weighted by atomic mass is 9.47. The molecule has 0 heterocycles. The van der Waals surface area contributed by atoms with Crippen LogP contribution < -0.4 is 0 Å². The van der Waals surface area contributed by atoms with Crippen LogP contribution in [0.15, 0.2) is 72.3 Å². The van der Waals surface area contributed by atoms with Gasteiger partial charge in [0, 0.05) is 5.41 Å². The molecule has 0 spiro atoms. The lowest BCUT2D eigenvalue weighted by Gasteiger charge is -2.57. The van der Waals surface area contributed by atoms with E-state index in [-0.39, 0.29) is 16.9 Å². The normalized spacial score (nSPS) is 28.2. The summed E-state index contributed by atoms with van der Waals surface area (Å²) in [4.78, 5) is 0. The maximum absolute atomic E-state index is 9.30. The van der Waals surface area contributed by atoms with Gasteiger partial charge in [0.1, 0.15) is 11.5 Å². The molecule has 0 aromatic heterocycles. The summed E-state index contributed by atoms with van der Waals surface area (Å²) in [5, 5.41) is 18.6. The number of hydrogen-bond acceptors (Lipinski definition) is 2. The average molecular weight is 501 g/mol. The summed E-state index contributed by atoms with van der Waals surface area (Å²) in [6.07, 6.45) is 9.39. The van der Waals surface area contributed by atoms with Crippen molar-refractivity contribution in [2.45, 2.75) is 86.0 Å². The summed E-state index contributed by atoms with van der Waals surface area (Å²) in [7, 11) is 0. The third kappa shape index (κ3) is 5.27. The average Bonchev–Trinajstić information content (AvgIpc) is 2.85. The molecule has 4 fully saturated rings. The highest BCUT2D eigenvalue weighted by Crippen LogP contribution is 2.61. The summed E-state index contributed by atoms with van der Waals surface area (Å²) in [5.41, 5.74) is 6.51. The molecule has 6 aliphatic carbocycles. The van der Waals surface area contributed by atoms with Gasteiger partial charge in [0.05, 0.1) is 0 Å². The van der Waals surface area contributed by atoms with Crippen LogP contribution in [0.4, 0.5) is 0 Å². The summed E-state index contributed by atoms with van der Waals surface area (Å²) in [6, 6.07) is 14.4. The van der Waals surface area contributed by atoms with Crippen LogP contribution in [0.2, 0.25) is 0 Å². The maximum atomic E-state index is 9.30. The molecule has 37 heavy (non-hydrogen) atoms. The van der Waals surface area contributed by atoms with Crippen molar-refractivity contribution >= 4 is 0 Å². The highest BCUT2D eigenvalue weighted by molar-refractivity contribution is 5.41. The zero-order valence-corrected chi connectivity index (χ0v) is 24.1. The van der Waals surface area contributed by atoms with Crippen molar-refractivity contribution in [1.29, 1.82) is 0 Å². The second-order valence-corrected chi connectivity index (χ2v) is 13.7. The monoisotopic (exact) mass is 500 g/mol. The molecular weight excluding hydrogens is 452 g/mol.